The lowest BCUT2D eigenvalue weighted by molar-refractivity contribution is 0.0730. The van der Waals surface area contributed by atoms with Gasteiger partial charge in [0.1, 0.15) is 11.4 Å². The van der Waals surface area contributed by atoms with Crippen molar-refractivity contribution < 1.29 is 9.90 Å². The molecule has 132 valence electrons. The van der Waals surface area contributed by atoms with Gasteiger partial charge in [0.15, 0.2) is 0 Å². The van der Waals surface area contributed by atoms with Crippen LogP contribution in [-0.4, -0.2) is 27.4 Å². The smallest absolute Gasteiger partial charge is 0.273 e. The molecule has 0 unspecified atom stereocenters. The zero-order chi connectivity index (χ0) is 17.9. The maximum Gasteiger partial charge on any atom is 0.273 e. The molecular weight excluding hydrogens is 344 g/mol. The quantitative estimate of drug-likeness (QED) is 0.746. The molecule has 26 heavy (non-hydrogen) atoms. The minimum Gasteiger partial charge on any atom is -0.508 e. The van der Waals surface area contributed by atoms with Crippen LogP contribution in [0.2, 0.25) is 0 Å². The van der Waals surface area contributed by atoms with E-state index in [9.17, 15) is 9.90 Å². The third kappa shape index (κ3) is 3.48. The van der Waals surface area contributed by atoms with E-state index >= 15 is 0 Å². The zero-order valence-corrected chi connectivity index (χ0v) is 15.2. The second kappa shape index (κ2) is 7.30. The number of aromatic nitrogens is 1. The van der Waals surface area contributed by atoms with E-state index < -0.39 is 0 Å². The Labute approximate surface area is 156 Å². The van der Waals surface area contributed by atoms with Crippen molar-refractivity contribution in [2.24, 2.45) is 0 Å². The van der Waals surface area contributed by atoms with Gasteiger partial charge < -0.3 is 10.0 Å². The Kier molecular flexibility index (Phi) is 4.71. The van der Waals surface area contributed by atoms with Gasteiger partial charge in [-0.05, 0) is 36.1 Å². The van der Waals surface area contributed by atoms with Crippen LogP contribution in [0.4, 0.5) is 0 Å². The van der Waals surface area contributed by atoms with Gasteiger partial charge in [0.2, 0.25) is 0 Å². The summed E-state index contributed by atoms with van der Waals surface area (Å²) >= 11 is 1.54. The lowest BCUT2D eigenvalue weighted by Crippen LogP contribution is -2.30. The molecular formula is C21H20N2O2S. The van der Waals surface area contributed by atoms with Crippen molar-refractivity contribution in [3.8, 4) is 5.75 Å². The largest absolute Gasteiger partial charge is 0.508 e. The Morgan fingerprint density at radius 1 is 1.15 bits per heavy atom. The molecule has 0 spiro atoms. The molecule has 1 atom stereocenters. The second-order valence-corrected chi connectivity index (χ2v) is 7.48. The lowest BCUT2D eigenvalue weighted by Gasteiger charge is -2.24. The molecule has 3 aromatic rings. The van der Waals surface area contributed by atoms with Crippen LogP contribution in [0.15, 0.2) is 60.0 Å². The molecule has 4 nitrogen and oxygen atoms in total. The fourth-order valence-electron chi connectivity index (χ4n) is 3.46. The van der Waals surface area contributed by atoms with E-state index in [2.05, 4.69) is 17.1 Å². The third-order valence-electron chi connectivity index (χ3n) is 4.76. The molecule has 2 aromatic carbocycles. The van der Waals surface area contributed by atoms with Crippen LogP contribution >= 0.6 is 11.3 Å². The first-order valence-electron chi connectivity index (χ1n) is 8.79. The Balaban J connectivity index is 1.51. The molecule has 1 amide bonds. The number of likely N-dealkylation sites (tertiary alicyclic amines) is 1. The van der Waals surface area contributed by atoms with Crippen LogP contribution in [0.25, 0.3) is 0 Å². The van der Waals surface area contributed by atoms with Gasteiger partial charge in [0.05, 0.1) is 11.0 Å². The Hall–Kier alpha value is -2.66. The van der Waals surface area contributed by atoms with Crippen LogP contribution in [0.5, 0.6) is 5.75 Å². The molecule has 0 saturated carbocycles. The molecule has 0 aliphatic carbocycles. The minimum atomic E-state index is -0.00358. The highest BCUT2D eigenvalue weighted by atomic mass is 32.1. The number of amides is 1. The van der Waals surface area contributed by atoms with Crippen LogP contribution in [-0.2, 0) is 6.42 Å². The number of benzene rings is 2. The van der Waals surface area contributed by atoms with Crippen molar-refractivity contribution in [2.75, 3.05) is 6.54 Å². The van der Waals surface area contributed by atoms with Crippen LogP contribution in [0.3, 0.4) is 0 Å². The summed E-state index contributed by atoms with van der Waals surface area (Å²) in [7, 11) is 0. The van der Waals surface area contributed by atoms with Crippen LogP contribution < -0.4 is 0 Å². The number of carbonyl (C=O) groups excluding carboxylic acids is 1. The summed E-state index contributed by atoms with van der Waals surface area (Å²) in [6, 6.07) is 17.4. The van der Waals surface area contributed by atoms with Gasteiger partial charge in [-0.25, -0.2) is 4.98 Å². The molecule has 1 aromatic heterocycles. The fraction of sp³-hybridized carbons (Fsp3) is 0.238. The predicted octanol–water partition coefficient (Wildman–Crippen LogP) is 4.42. The highest BCUT2D eigenvalue weighted by Crippen LogP contribution is 2.34. The Morgan fingerprint density at radius 2 is 1.92 bits per heavy atom. The third-order valence-corrected chi connectivity index (χ3v) is 5.61. The van der Waals surface area contributed by atoms with Gasteiger partial charge in [-0.1, -0.05) is 42.5 Å². The number of phenolic OH excluding ortho intramolecular Hbond substituents is 1. The summed E-state index contributed by atoms with van der Waals surface area (Å²) in [6.45, 7) is 0.746. The number of carbonyl (C=O) groups is 1. The van der Waals surface area contributed by atoms with E-state index in [1.54, 1.807) is 12.1 Å². The number of hydrogen-bond acceptors (Lipinski definition) is 4. The average Bonchev–Trinajstić information content (AvgIpc) is 3.32. The van der Waals surface area contributed by atoms with Gasteiger partial charge >= 0.3 is 0 Å². The van der Waals surface area contributed by atoms with Crippen LogP contribution in [0, 0.1) is 0 Å². The first kappa shape index (κ1) is 16.8. The highest BCUT2D eigenvalue weighted by Gasteiger charge is 2.31. The summed E-state index contributed by atoms with van der Waals surface area (Å²) in [5.74, 6) is 0.241. The molecule has 1 fully saturated rings. The second-order valence-electron chi connectivity index (χ2n) is 6.54. The monoisotopic (exact) mass is 364 g/mol. The van der Waals surface area contributed by atoms with E-state index in [1.165, 1.54) is 16.9 Å². The van der Waals surface area contributed by atoms with Gasteiger partial charge in [-0.15, -0.1) is 11.3 Å². The lowest BCUT2D eigenvalue weighted by atomic mass is 10.0. The number of thiazole rings is 1. The molecule has 0 bridgehead atoms. The summed E-state index contributed by atoms with van der Waals surface area (Å²) in [4.78, 5) is 19.5. The molecule has 1 saturated heterocycles. The first-order chi connectivity index (χ1) is 12.7. The molecule has 0 radical (unpaired) electrons. The first-order valence-corrected chi connectivity index (χ1v) is 9.67. The molecule has 2 heterocycles. The molecule has 1 aliphatic heterocycles. The predicted molar refractivity (Wildman–Crippen MR) is 102 cm³/mol. The van der Waals surface area contributed by atoms with Gasteiger partial charge in [0, 0.05) is 18.3 Å². The summed E-state index contributed by atoms with van der Waals surface area (Å²) in [5.41, 5.74) is 2.80. The van der Waals surface area contributed by atoms with Crippen LogP contribution in [0.1, 0.15) is 45.5 Å². The van der Waals surface area contributed by atoms with Gasteiger partial charge in [-0.3, -0.25) is 4.79 Å². The van der Waals surface area contributed by atoms with Gasteiger partial charge in [0.25, 0.3) is 5.91 Å². The average molecular weight is 364 g/mol. The van der Waals surface area contributed by atoms with E-state index in [0.717, 1.165) is 36.4 Å². The van der Waals surface area contributed by atoms with Crippen molar-refractivity contribution in [3.05, 3.63) is 81.8 Å². The van der Waals surface area contributed by atoms with Crippen molar-refractivity contribution in [3.63, 3.8) is 0 Å². The number of nitrogens with zero attached hydrogens (tertiary/aromatic N) is 2. The van der Waals surface area contributed by atoms with Crippen molar-refractivity contribution in [1.29, 1.82) is 0 Å². The van der Waals surface area contributed by atoms with E-state index in [4.69, 9.17) is 0 Å². The standard InChI is InChI=1S/C21H20N2O2S/c24-17-10-8-16(9-11-17)19-7-4-12-23(19)21(25)18-14-26-20(22-18)13-15-5-2-1-3-6-15/h1-3,5-6,8-11,14,19,24H,4,7,12-13H2/t19-/m0/s1. The van der Waals surface area contributed by atoms with Crippen molar-refractivity contribution in [1.82, 2.24) is 9.88 Å². The Bertz CT molecular complexity index is 890. The normalized spacial score (nSPS) is 16.8. The Morgan fingerprint density at radius 3 is 2.69 bits per heavy atom. The molecule has 1 N–H and O–H groups in total. The summed E-state index contributed by atoms with van der Waals surface area (Å²) < 4.78 is 0. The molecule has 5 heteroatoms. The maximum atomic E-state index is 13.0. The van der Waals surface area contributed by atoms with Crippen molar-refractivity contribution in [2.45, 2.75) is 25.3 Å². The maximum absolute atomic E-state index is 13.0. The summed E-state index contributed by atoms with van der Waals surface area (Å²) in [6.07, 6.45) is 2.68. The van der Waals surface area contributed by atoms with E-state index in [1.807, 2.05) is 40.6 Å². The number of rotatable bonds is 4. The SMILES string of the molecule is O=C(c1csc(Cc2ccccc2)n1)N1CCC[C@H]1c1ccc(O)cc1. The zero-order valence-electron chi connectivity index (χ0n) is 14.3. The number of phenols is 1. The fourth-order valence-corrected chi connectivity index (χ4v) is 4.26. The van der Waals surface area contributed by atoms with Crippen molar-refractivity contribution >= 4 is 17.2 Å². The topological polar surface area (TPSA) is 53.4 Å². The summed E-state index contributed by atoms with van der Waals surface area (Å²) in [5, 5.41) is 12.3. The minimum absolute atomic E-state index is 0.00358. The highest BCUT2D eigenvalue weighted by molar-refractivity contribution is 7.09. The van der Waals surface area contributed by atoms with E-state index in [0.29, 0.717) is 5.69 Å². The number of hydrogen-bond donors (Lipinski definition) is 1. The molecule has 4 rings (SSSR count). The van der Waals surface area contributed by atoms with Gasteiger partial charge in [-0.2, -0.15) is 0 Å². The number of aromatic hydroxyl groups is 1. The molecule has 1 aliphatic rings. The van der Waals surface area contributed by atoms with E-state index in [-0.39, 0.29) is 17.7 Å².